The van der Waals surface area contributed by atoms with Gasteiger partial charge in [-0.25, -0.2) is 4.99 Å². The summed E-state index contributed by atoms with van der Waals surface area (Å²) in [5.41, 5.74) is 3.67. The molecule has 0 atom stereocenters. The Morgan fingerprint density at radius 2 is 1.75 bits per heavy atom. The standard InChI is InChI=1S/C25H21N3O2S2/c1-3-27-20-9-4-5-10-21(20)31-24(27)22-23(30)28(18-8-6-7-16(2)15-18)25(32-22)26-17-11-13-19(29)14-12-17/h4-15,29H,3H2,1-2H3/b24-22-,26-25?. The molecule has 0 aromatic heterocycles. The average Bonchev–Trinajstić information content (AvgIpc) is 3.32. The number of fused-ring (bicyclic) bond motifs is 1. The third-order valence-corrected chi connectivity index (χ3v) is 7.58. The highest BCUT2D eigenvalue weighted by Crippen LogP contribution is 2.51. The molecule has 0 saturated carbocycles. The van der Waals surface area contributed by atoms with E-state index < -0.39 is 0 Å². The number of phenols is 1. The Bertz CT molecular complexity index is 1270. The van der Waals surface area contributed by atoms with Crippen LogP contribution in [-0.2, 0) is 4.79 Å². The lowest BCUT2D eigenvalue weighted by Gasteiger charge is -2.19. The molecule has 160 valence electrons. The van der Waals surface area contributed by atoms with Crippen molar-refractivity contribution in [2.45, 2.75) is 18.7 Å². The molecular formula is C25H21N3O2S2. The van der Waals surface area contributed by atoms with Gasteiger partial charge in [-0.2, -0.15) is 0 Å². The van der Waals surface area contributed by atoms with E-state index in [9.17, 15) is 9.90 Å². The molecule has 3 aromatic rings. The number of rotatable bonds is 3. The van der Waals surface area contributed by atoms with E-state index >= 15 is 0 Å². The highest BCUT2D eigenvalue weighted by Gasteiger charge is 2.40. The molecule has 2 aliphatic rings. The van der Waals surface area contributed by atoms with E-state index in [1.807, 2.05) is 43.3 Å². The molecule has 0 bridgehead atoms. The molecule has 5 nitrogen and oxygen atoms in total. The zero-order valence-corrected chi connectivity index (χ0v) is 19.3. The quantitative estimate of drug-likeness (QED) is 0.468. The summed E-state index contributed by atoms with van der Waals surface area (Å²) in [4.78, 5) is 24.2. The van der Waals surface area contributed by atoms with E-state index in [1.54, 1.807) is 40.9 Å². The molecule has 1 fully saturated rings. The Morgan fingerprint density at radius 1 is 0.969 bits per heavy atom. The largest absolute Gasteiger partial charge is 0.508 e. The van der Waals surface area contributed by atoms with E-state index in [1.165, 1.54) is 11.8 Å². The summed E-state index contributed by atoms with van der Waals surface area (Å²) in [6.07, 6.45) is 0. The van der Waals surface area contributed by atoms with Crippen molar-refractivity contribution < 1.29 is 9.90 Å². The van der Waals surface area contributed by atoms with Gasteiger partial charge < -0.3 is 10.0 Å². The molecular weight excluding hydrogens is 438 g/mol. The molecule has 3 aromatic carbocycles. The van der Waals surface area contributed by atoms with Crippen LogP contribution >= 0.6 is 23.5 Å². The third kappa shape index (κ3) is 3.67. The summed E-state index contributed by atoms with van der Waals surface area (Å²) in [5.74, 6) is 0.105. The lowest BCUT2D eigenvalue weighted by Crippen LogP contribution is -2.29. The van der Waals surface area contributed by atoms with Gasteiger partial charge in [0.2, 0.25) is 0 Å². The summed E-state index contributed by atoms with van der Waals surface area (Å²) < 4.78 is 0. The fourth-order valence-corrected chi connectivity index (χ4v) is 6.12. The van der Waals surface area contributed by atoms with E-state index in [0.717, 1.165) is 33.4 Å². The summed E-state index contributed by atoms with van der Waals surface area (Å²) in [5, 5.41) is 11.2. The smallest absolute Gasteiger partial charge is 0.274 e. The number of anilines is 2. The van der Waals surface area contributed by atoms with Gasteiger partial charge >= 0.3 is 0 Å². The summed E-state index contributed by atoms with van der Waals surface area (Å²) in [6.45, 7) is 4.87. The lowest BCUT2D eigenvalue weighted by molar-refractivity contribution is -0.113. The molecule has 5 rings (SSSR count). The summed E-state index contributed by atoms with van der Waals surface area (Å²) in [6, 6.07) is 22.8. The first-order chi connectivity index (χ1) is 15.5. The second-order valence-electron chi connectivity index (χ2n) is 7.44. The number of hydrogen-bond donors (Lipinski definition) is 1. The minimum Gasteiger partial charge on any atom is -0.508 e. The molecule has 0 unspecified atom stereocenters. The first kappa shape index (κ1) is 20.7. The number of amides is 1. The lowest BCUT2D eigenvalue weighted by atomic mass is 10.2. The topological polar surface area (TPSA) is 56.1 Å². The van der Waals surface area contributed by atoms with Crippen LogP contribution in [0.25, 0.3) is 0 Å². The number of aromatic hydroxyl groups is 1. The zero-order valence-electron chi connectivity index (χ0n) is 17.6. The maximum Gasteiger partial charge on any atom is 0.274 e. The minimum atomic E-state index is -0.0770. The number of thioether (sulfide) groups is 2. The minimum absolute atomic E-state index is 0.0770. The van der Waals surface area contributed by atoms with Crippen molar-refractivity contribution in [2.24, 2.45) is 4.99 Å². The molecule has 1 saturated heterocycles. The highest BCUT2D eigenvalue weighted by molar-refractivity contribution is 8.20. The van der Waals surface area contributed by atoms with Crippen LogP contribution in [0.3, 0.4) is 0 Å². The number of hydrogen-bond acceptors (Lipinski definition) is 6. The van der Waals surface area contributed by atoms with Crippen molar-refractivity contribution in [3.05, 3.63) is 88.3 Å². The van der Waals surface area contributed by atoms with Gasteiger partial charge in [0.05, 0.1) is 17.1 Å². The first-order valence-corrected chi connectivity index (χ1v) is 11.9. The Labute approximate surface area is 195 Å². The second-order valence-corrected chi connectivity index (χ2v) is 9.45. The molecule has 0 radical (unpaired) electrons. The van der Waals surface area contributed by atoms with E-state index in [0.29, 0.717) is 15.8 Å². The monoisotopic (exact) mass is 459 g/mol. The Morgan fingerprint density at radius 3 is 2.50 bits per heavy atom. The van der Waals surface area contributed by atoms with Gasteiger partial charge in [-0.05, 0) is 79.7 Å². The predicted octanol–water partition coefficient (Wildman–Crippen LogP) is 6.27. The van der Waals surface area contributed by atoms with Crippen LogP contribution in [0, 0.1) is 6.92 Å². The predicted molar refractivity (Wildman–Crippen MR) is 134 cm³/mol. The fraction of sp³-hybridized carbons (Fsp3) is 0.120. The Balaban J connectivity index is 1.63. The fourth-order valence-electron chi connectivity index (χ4n) is 3.73. The van der Waals surface area contributed by atoms with E-state index in [4.69, 9.17) is 4.99 Å². The van der Waals surface area contributed by atoms with Gasteiger partial charge in [0, 0.05) is 11.4 Å². The van der Waals surface area contributed by atoms with Crippen LogP contribution in [0.15, 0.2) is 92.6 Å². The average molecular weight is 460 g/mol. The number of carbonyl (C=O) groups excluding carboxylic acids is 1. The van der Waals surface area contributed by atoms with Crippen molar-refractivity contribution in [3.8, 4) is 5.75 Å². The zero-order chi connectivity index (χ0) is 22.2. The molecule has 0 aliphatic carbocycles. The third-order valence-electron chi connectivity index (χ3n) is 5.23. The maximum absolute atomic E-state index is 13.8. The van der Waals surface area contributed by atoms with Crippen molar-refractivity contribution in [3.63, 3.8) is 0 Å². The van der Waals surface area contributed by atoms with Crippen LogP contribution in [0.4, 0.5) is 17.1 Å². The molecule has 1 amide bonds. The molecule has 1 N–H and O–H groups in total. The Hall–Kier alpha value is -3.16. The van der Waals surface area contributed by atoms with Crippen molar-refractivity contribution in [1.82, 2.24) is 0 Å². The van der Waals surface area contributed by atoms with Crippen molar-refractivity contribution in [1.29, 1.82) is 0 Å². The molecule has 2 aliphatic heterocycles. The van der Waals surface area contributed by atoms with Crippen LogP contribution in [-0.4, -0.2) is 22.7 Å². The van der Waals surface area contributed by atoms with Gasteiger partial charge in [0.25, 0.3) is 5.91 Å². The number of amidine groups is 1. The number of aliphatic imine (C=N–C) groups is 1. The number of nitrogens with zero attached hydrogens (tertiary/aromatic N) is 3. The Kier molecular flexibility index (Phi) is 5.45. The molecule has 0 spiro atoms. The number of carbonyl (C=O) groups is 1. The van der Waals surface area contributed by atoms with Gasteiger partial charge in [-0.1, -0.05) is 36.0 Å². The maximum atomic E-state index is 13.8. The van der Waals surface area contributed by atoms with Crippen LogP contribution < -0.4 is 9.80 Å². The summed E-state index contributed by atoms with van der Waals surface area (Å²) >= 11 is 3.02. The molecule has 7 heteroatoms. The molecule has 32 heavy (non-hydrogen) atoms. The number of aryl methyl sites for hydroxylation is 1. The normalized spacial score (nSPS) is 19.2. The number of phenolic OH excluding ortho intramolecular Hbond substituents is 1. The van der Waals surface area contributed by atoms with Crippen LogP contribution in [0.1, 0.15) is 12.5 Å². The number of para-hydroxylation sites is 1. The van der Waals surface area contributed by atoms with E-state index in [-0.39, 0.29) is 11.7 Å². The van der Waals surface area contributed by atoms with E-state index in [2.05, 4.69) is 24.0 Å². The van der Waals surface area contributed by atoms with Crippen molar-refractivity contribution in [2.75, 3.05) is 16.3 Å². The van der Waals surface area contributed by atoms with Gasteiger partial charge in [0.15, 0.2) is 5.17 Å². The van der Waals surface area contributed by atoms with Gasteiger partial charge in [-0.15, -0.1) is 0 Å². The molecule has 2 heterocycles. The van der Waals surface area contributed by atoms with Gasteiger partial charge in [0.1, 0.15) is 15.7 Å². The highest BCUT2D eigenvalue weighted by atomic mass is 32.2. The van der Waals surface area contributed by atoms with Crippen LogP contribution in [0.2, 0.25) is 0 Å². The first-order valence-electron chi connectivity index (χ1n) is 10.3. The van der Waals surface area contributed by atoms with Crippen molar-refractivity contribution >= 4 is 51.7 Å². The SMILES string of the molecule is CCN1/C(=C2/SC(=Nc3ccc(O)cc3)N(c3cccc(C)c3)C2=O)Sc2ccccc21. The number of benzene rings is 3. The van der Waals surface area contributed by atoms with Gasteiger partial charge in [-0.3, -0.25) is 9.69 Å². The second kappa shape index (κ2) is 8.41. The summed E-state index contributed by atoms with van der Waals surface area (Å²) in [7, 11) is 0. The van der Waals surface area contributed by atoms with Crippen LogP contribution in [0.5, 0.6) is 5.75 Å².